The molecule has 0 saturated carbocycles. The fourth-order valence-electron chi connectivity index (χ4n) is 1.29. The normalized spacial score (nSPS) is 11.9. The number of nitrogens with one attached hydrogen (secondary N) is 1. The Morgan fingerprint density at radius 1 is 1.47 bits per heavy atom. The fraction of sp³-hybridized carbons (Fsp3) is 0.364. The van der Waals surface area contributed by atoms with Crippen LogP contribution in [0.5, 0.6) is 0 Å². The van der Waals surface area contributed by atoms with Gasteiger partial charge in [0.25, 0.3) is 0 Å². The highest BCUT2D eigenvalue weighted by molar-refractivity contribution is 5.93. The van der Waals surface area contributed by atoms with Gasteiger partial charge in [0, 0.05) is 12.1 Å². The monoisotopic (exact) mass is 207 g/mol. The summed E-state index contributed by atoms with van der Waals surface area (Å²) in [5.74, 6) is -0.367. The van der Waals surface area contributed by atoms with Crippen molar-refractivity contribution in [2.45, 2.75) is 26.4 Å². The molecule has 4 nitrogen and oxygen atoms in total. The minimum atomic E-state index is -0.483. The second-order valence-corrected chi connectivity index (χ2v) is 4.38. The number of H-pyrrole nitrogens is 1. The number of ether oxygens (including phenoxy) is 1. The lowest BCUT2D eigenvalue weighted by atomic mass is 10.2. The highest BCUT2D eigenvalue weighted by Gasteiger charge is 2.19. The molecule has 0 unspecified atom stereocenters. The summed E-state index contributed by atoms with van der Waals surface area (Å²) in [5.41, 5.74) is 1.40. The van der Waals surface area contributed by atoms with E-state index in [4.69, 9.17) is 9.15 Å². The number of rotatable bonds is 1. The minimum Gasteiger partial charge on any atom is -0.463 e. The van der Waals surface area contributed by atoms with Crippen molar-refractivity contribution in [2.75, 3.05) is 0 Å². The van der Waals surface area contributed by atoms with E-state index in [1.54, 1.807) is 18.4 Å². The van der Waals surface area contributed by atoms with Gasteiger partial charge in [-0.2, -0.15) is 0 Å². The third-order valence-corrected chi connectivity index (χ3v) is 1.86. The van der Waals surface area contributed by atoms with Gasteiger partial charge in [-0.3, -0.25) is 0 Å². The SMILES string of the molecule is CC(C)(C)OC(=O)c1cc2occc2[nH]1. The highest BCUT2D eigenvalue weighted by Crippen LogP contribution is 2.18. The Bertz CT molecular complexity index is 459. The average molecular weight is 207 g/mol. The Labute approximate surface area is 87.2 Å². The summed E-state index contributed by atoms with van der Waals surface area (Å²) in [6.07, 6.45) is 1.57. The molecule has 0 atom stereocenters. The van der Waals surface area contributed by atoms with Crippen molar-refractivity contribution in [3.05, 3.63) is 24.1 Å². The summed E-state index contributed by atoms with van der Waals surface area (Å²) in [6.45, 7) is 5.49. The number of esters is 1. The van der Waals surface area contributed by atoms with Gasteiger partial charge in [0.05, 0.1) is 11.8 Å². The lowest BCUT2D eigenvalue weighted by Crippen LogP contribution is -2.24. The number of hydrogen-bond donors (Lipinski definition) is 1. The van der Waals surface area contributed by atoms with Gasteiger partial charge in [-0.05, 0) is 20.8 Å². The third kappa shape index (κ3) is 2.03. The van der Waals surface area contributed by atoms with Crippen LogP contribution >= 0.6 is 0 Å². The van der Waals surface area contributed by atoms with Crippen LogP contribution < -0.4 is 0 Å². The molecular formula is C11H13NO3. The second-order valence-electron chi connectivity index (χ2n) is 4.38. The molecule has 2 rings (SSSR count). The summed E-state index contributed by atoms with van der Waals surface area (Å²) in [5, 5.41) is 0. The number of furan rings is 1. The molecule has 0 saturated heterocycles. The van der Waals surface area contributed by atoms with Crippen molar-refractivity contribution >= 4 is 17.1 Å². The number of fused-ring (bicyclic) bond motifs is 1. The predicted octanol–water partition coefficient (Wildman–Crippen LogP) is 2.72. The minimum absolute atomic E-state index is 0.367. The van der Waals surface area contributed by atoms with Gasteiger partial charge in [-0.25, -0.2) is 4.79 Å². The summed E-state index contributed by atoms with van der Waals surface area (Å²) in [4.78, 5) is 14.6. The van der Waals surface area contributed by atoms with E-state index in [9.17, 15) is 4.79 Å². The van der Waals surface area contributed by atoms with Crippen LogP contribution in [-0.4, -0.2) is 16.6 Å². The van der Waals surface area contributed by atoms with Gasteiger partial charge in [0.2, 0.25) is 0 Å². The van der Waals surface area contributed by atoms with Crippen LogP contribution in [0.1, 0.15) is 31.3 Å². The summed E-state index contributed by atoms with van der Waals surface area (Å²) < 4.78 is 10.4. The van der Waals surface area contributed by atoms with E-state index in [2.05, 4.69) is 4.98 Å². The Hall–Kier alpha value is -1.71. The zero-order valence-electron chi connectivity index (χ0n) is 8.96. The first kappa shape index (κ1) is 9.83. The van der Waals surface area contributed by atoms with Crippen LogP contribution in [0.2, 0.25) is 0 Å². The zero-order valence-corrected chi connectivity index (χ0v) is 8.96. The average Bonchev–Trinajstić information content (AvgIpc) is 2.56. The predicted molar refractivity (Wildman–Crippen MR) is 55.7 cm³/mol. The Balaban J connectivity index is 2.24. The molecule has 0 spiro atoms. The molecule has 0 amide bonds. The van der Waals surface area contributed by atoms with Crippen LogP contribution in [0.4, 0.5) is 0 Å². The number of aromatic amines is 1. The van der Waals surface area contributed by atoms with Crippen molar-refractivity contribution < 1.29 is 13.9 Å². The lowest BCUT2D eigenvalue weighted by molar-refractivity contribution is 0.00638. The maximum absolute atomic E-state index is 11.6. The fourth-order valence-corrected chi connectivity index (χ4v) is 1.29. The van der Waals surface area contributed by atoms with Gasteiger partial charge in [-0.15, -0.1) is 0 Å². The van der Waals surface area contributed by atoms with Crippen LogP contribution in [-0.2, 0) is 4.74 Å². The van der Waals surface area contributed by atoms with Crippen LogP contribution in [0, 0.1) is 0 Å². The first-order valence-electron chi connectivity index (χ1n) is 4.75. The smallest absolute Gasteiger partial charge is 0.355 e. The number of hydrogen-bond acceptors (Lipinski definition) is 3. The van der Waals surface area contributed by atoms with E-state index in [0.717, 1.165) is 5.52 Å². The molecule has 80 valence electrons. The van der Waals surface area contributed by atoms with E-state index in [1.165, 1.54) is 0 Å². The van der Waals surface area contributed by atoms with Gasteiger partial charge >= 0.3 is 5.97 Å². The molecule has 15 heavy (non-hydrogen) atoms. The van der Waals surface area contributed by atoms with Gasteiger partial charge < -0.3 is 14.1 Å². The lowest BCUT2D eigenvalue weighted by Gasteiger charge is -2.18. The van der Waals surface area contributed by atoms with Crippen molar-refractivity contribution in [3.8, 4) is 0 Å². The first-order chi connectivity index (χ1) is 6.96. The van der Waals surface area contributed by atoms with Crippen LogP contribution in [0.25, 0.3) is 11.1 Å². The Morgan fingerprint density at radius 2 is 2.20 bits per heavy atom. The van der Waals surface area contributed by atoms with Crippen molar-refractivity contribution in [3.63, 3.8) is 0 Å². The molecular weight excluding hydrogens is 194 g/mol. The Morgan fingerprint density at radius 3 is 2.80 bits per heavy atom. The standard InChI is InChI=1S/C11H13NO3/c1-11(2,3)15-10(13)8-6-9-7(12-8)4-5-14-9/h4-6,12H,1-3H3. The summed E-state index contributed by atoms with van der Waals surface area (Å²) in [7, 11) is 0. The molecule has 0 radical (unpaired) electrons. The Kier molecular flexibility index (Phi) is 2.07. The molecule has 0 aliphatic carbocycles. The molecule has 0 aliphatic heterocycles. The third-order valence-electron chi connectivity index (χ3n) is 1.86. The van der Waals surface area contributed by atoms with Crippen molar-refractivity contribution in [1.82, 2.24) is 4.98 Å². The van der Waals surface area contributed by atoms with E-state index in [1.807, 2.05) is 20.8 Å². The molecule has 0 bridgehead atoms. The van der Waals surface area contributed by atoms with Gasteiger partial charge in [0.15, 0.2) is 5.58 Å². The van der Waals surface area contributed by atoms with E-state index in [-0.39, 0.29) is 5.97 Å². The molecule has 0 aliphatic rings. The molecule has 1 N–H and O–H groups in total. The molecule has 4 heteroatoms. The quantitative estimate of drug-likeness (QED) is 0.731. The van der Waals surface area contributed by atoms with E-state index < -0.39 is 5.60 Å². The second kappa shape index (κ2) is 3.15. The maximum Gasteiger partial charge on any atom is 0.355 e. The topological polar surface area (TPSA) is 55.2 Å². The van der Waals surface area contributed by atoms with Crippen LogP contribution in [0.3, 0.4) is 0 Å². The highest BCUT2D eigenvalue weighted by atomic mass is 16.6. The van der Waals surface area contributed by atoms with Crippen LogP contribution in [0.15, 0.2) is 22.8 Å². The zero-order chi connectivity index (χ0) is 11.1. The van der Waals surface area contributed by atoms with E-state index in [0.29, 0.717) is 11.3 Å². The van der Waals surface area contributed by atoms with E-state index >= 15 is 0 Å². The largest absolute Gasteiger partial charge is 0.463 e. The summed E-state index contributed by atoms with van der Waals surface area (Å²) >= 11 is 0. The molecule has 0 aromatic carbocycles. The van der Waals surface area contributed by atoms with Gasteiger partial charge in [0.1, 0.15) is 11.3 Å². The maximum atomic E-state index is 11.6. The van der Waals surface area contributed by atoms with Gasteiger partial charge in [-0.1, -0.05) is 0 Å². The van der Waals surface area contributed by atoms with Crippen molar-refractivity contribution in [1.29, 1.82) is 0 Å². The molecule has 2 aromatic heterocycles. The number of aromatic nitrogens is 1. The molecule has 2 aromatic rings. The number of carbonyl (C=O) groups excluding carboxylic acids is 1. The first-order valence-corrected chi connectivity index (χ1v) is 4.75. The summed E-state index contributed by atoms with van der Waals surface area (Å²) in [6, 6.07) is 3.41. The number of carbonyl (C=O) groups is 1. The molecule has 2 heterocycles. The molecule has 0 fully saturated rings. The van der Waals surface area contributed by atoms with Crippen molar-refractivity contribution in [2.24, 2.45) is 0 Å².